The summed E-state index contributed by atoms with van der Waals surface area (Å²) in [4.78, 5) is 23.7. The molecule has 0 bridgehead atoms. The number of carbonyl (C=O) groups is 2. The Labute approximate surface area is 155 Å². The van der Waals surface area contributed by atoms with Crippen molar-refractivity contribution in [3.05, 3.63) is 46.5 Å². The van der Waals surface area contributed by atoms with Crippen LogP contribution in [0.25, 0.3) is 11.1 Å². The van der Waals surface area contributed by atoms with Crippen LogP contribution in [0.4, 0.5) is 0 Å². The van der Waals surface area contributed by atoms with Gasteiger partial charge >= 0.3 is 5.97 Å². The van der Waals surface area contributed by atoms with Crippen LogP contribution in [0.1, 0.15) is 34.6 Å². The molecule has 26 heavy (non-hydrogen) atoms. The van der Waals surface area contributed by atoms with Crippen LogP contribution < -0.4 is 14.8 Å². The molecule has 1 aliphatic rings. The van der Waals surface area contributed by atoms with Crippen LogP contribution in [-0.2, 0) is 0 Å². The summed E-state index contributed by atoms with van der Waals surface area (Å²) in [5.41, 5.74) is 1.68. The quantitative estimate of drug-likeness (QED) is 0.852. The summed E-state index contributed by atoms with van der Waals surface area (Å²) in [6.45, 7) is 4.38. The Morgan fingerprint density at radius 2 is 1.81 bits per heavy atom. The first-order valence-electron chi connectivity index (χ1n) is 8.14. The Balaban J connectivity index is 2.01. The van der Waals surface area contributed by atoms with Gasteiger partial charge in [-0.25, -0.2) is 4.79 Å². The maximum Gasteiger partial charge on any atom is 0.339 e. The lowest BCUT2D eigenvalue weighted by molar-refractivity contribution is 0.0686. The normalized spacial score (nSPS) is 12.8. The number of amides is 1. The number of fused-ring (bicyclic) bond motifs is 1. The molecule has 0 atom stereocenters. The summed E-state index contributed by atoms with van der Waals surface area (Å²) in [5.74, 6) is -0.756. The molecule has 3 rings (SSSR count). The minimum absolute atomic E-state index is 0.00540. The maximum atomic E-state index is 12.1. The van der Waals surface area contributed by atoms with Crippen molar-refractivity contribution in [2.24, 2.45) is 0 Å². The highest BCUT2D eigenvalue weighted by molar-refractivity contribution is 6.34. The molecule has 7 heteroatoms. The van der Waals surface area contributed by atoms with Crippen LogP contribution in [0.5, 0.6) is 11.5 Å². The van der Waals surface area contributed by atoms with Crippen molar-refractivity contribution < 1.29 is 24.2 Å². The molecule has 0 saturated carbocycles. The Morgan fingerprint density at radius 1 is 1.08 bits per heavy atom. The summed E-state index contributed by atoms with van der Waals surface area (Å²) in [7, 11) is 0. The fraction of sp³-hybridized carbons (Fsp3) is 0.263. The predicted octanol–water partition coefficient (Wildman–Crippen LogP) is 3.61. The summed E-state index contributed by atoms with van der Waals surface area (Å²) in [6.07, 6.45) is 0. The number of hydrogen-bond acceptors (Lipinski definition) is 4. The van der Waals surface area contributed by atoms with Gasteiger partial charge in [-0.15, -0.1) is 0 Å². The number of nitrogens with one attached hydrogen (secondary N) is 1. The van der Waals surface area contributed by atoms with Gasteiger partial charge in [0.25, 0.3) is 5.91 Å². The van der Waals surface area contributed by atoms with Crippen molar-refractivity contribution >= 4 is 23.5 Å². The first kappa shape index (κ1) is 18.1. The summed E-state index contributed by atoms with van der Waals surface area (Å²) in [6, 6.07) is 8.18. The van der Waals surface area contributed by atoms with E-state index in [9.17, 15) is 14.7 Å². The van der Waals surface area contributed by atoms with Crippen LogP contribution in [-0.4, -0.2) is 36.2 Å². The lowest BCUT2D eigenvalue weighted by Crippen LogP contribution is -2.30. The minimum atomic E-state index is -1.10. The molecule has 0 saturated heterocycles. The van der Waals surface area contributed by atoms with Crippen LogP contribution in [0.2, 0.25) is 5.02 Å². The molecule has 0 radical (unpaired) electrons. The van der Waals surface area contributed by atoms with E-state index in [0.717, 1.165) is 0 Å². The van der Waals surface area contributed by atoms with Crippen molar-refractivity contribution in [3.63, 3.8) is 0 Å². The van der Waals surface area contributed by atoms with Gasteiger partial charge < -0.3 is 19.9 Å². The monoisotopic (exact) mass is 375 g/mol. The fourth-order valence-corrected chi connectivity index (χ4v) is 2.96. The third kappa shape index (κ3) is 3.60. The first-order valence-corrected chi connectivity index (χ1v) is 8.52. The number of halogens is 1. The second-order valence-corrected chi connectivity index (χ2v) is 6.58. The van der Waals surface area contributed by atoms with Gasteiger partial charge in [0.2, 0.25) is 0 Å². The third-order valence-electron chi connectivity index (χ3n) is 3.84. The average molecular weight is 376 g/mol. The molecule has 0 aromatic heterocycles. The van der Waals surface area contributed by atoms with Crippen LogP contribution in [0.15, 0.2) is 30.3 Å². The van der Waals surface area contributed by atoms with Gasteiger partial charge in [-0.2, -0.15) is 0 Å². The van der Waals surface area contributed by atoms with Crippen molar-refractivity contribution in [2.45, 2.75) is 19.9 Å². The van der Waals surface area contributed by atoms with Gasteiger partial charge in [0.15, 0.2) is 11.5 Å². The molecule has 1 amide bonds. The molecule has 0 fully saturated rings. The van der Waals surface area contributed by atoms with Gasteiger partial charge in [0, 0.05) is 6.04 Å². The zero-order valence-electron chi connectivity index (χ0n) is 14.3. The van der Waals surface area contributed by atoms with E-state index in [2.05, 4.69) is 5.32 Å². The molecule has 0 spiro atoms. The van der Waals surface area contributed by atoms with E-state index in [1.807, 2.05) is 13.8 Å². The topological polar surface area (TPSA) is 84.9 Å². The van der Waals surface area contributed by atoms with Crippen LogP contribution in [0, 0.1) is 0 Å². The van der Waals surface area contributed by atoms with Crippen molar-refractivity contribution in [1.82, 2.24) is 5.32 Å². The highest BCUT2D eigenvalue weighted by Gasteiger charge is 2.22. The number of ether oxygens (including phenoxy) is 2. The standard InChI is InChI=1S/C19H18ClNO5/c1-10(2)21-18(22)13-4-3-11(8-15(13)20)12-7-14(19(23)24)17-16(9-12)25-5-6-26-17/h3-4,7-10H,5-6H2,1-2H3,(H,21,22)(H,23,24). The predicted molar refractivity (Wildman–Crippen MR) is 97.4 cm³/mol. The summed E-state index contributed by atoms with van der Waals surface area (Å²) >= 11 is 6.27. The second-order valence-electron chi connectivity index (χ2n) is 6.18. The fourth-order valence-electron chi connectivity index (χ4n) is 2.70. The molecule has 0 unspecified atom stereocenters. The van der Waals surface area contributed by atoms with Gasteiger partial charge in [0.05, 0.1) is 10.6 Å². The molecule has 2 N–H and O–H groups in total. The van der Waals surface area contributed by atoms with E-state index < -0.39 is 5.97 Å². The molecular weight excluding hydrogens is 358 g/mol. The molecule has 1 heterocycles. The number of benzene rings is 2. The summed E-state index contributed by atoms with van der Waals surface area (Å²) in [5, 5.41) is 12.5. The Bertz CT molecular complexity index is 878. The van der Waals surface area contributed by atoms with Crippen molar-refractivity contribution in [2.75, 3.05) is 13.2 Å². The van der Waals surface area contributed by atoms with E-state index in [0.29, 0.717) is 35.7 Å². The van der Waals surface area contributed by atoms with Gasteiger partial charge in [-0.3, -0.25) is 4.79 Å². The smallest absolute Gasteiger partial charge is 0.339 e. The lowest BCUT2D eigenvalue weighted by atomic mass is 10.00. The SMILES string of the molecule is CC(C)NC(=O)c1ccc(-c2cc3c(c(C(=O)O)c2)OCCO3)cc1Cl. The van der Waals surface area contributed by atoms with E-state index in [1.165, 1.54) is 6.07 Å². The number of carboxylic acid groups (broad SMARTS) is 1. The second kappa shape index (κ2) is 7.25. The first-order chi connectivity index (χ1) is 12.4. The van der Waals surface area contributed by atoms with Gasteiger partial charge in [-0.1, -0.05) is 17.7 Å². The third-order valence-corrected chi connectivity index (χ3v) is 4.15. The van der Waals surface area contributed by atoms with Gasteiger partial charge in [0.1, 0.15) is 18.8 Å². The van der Waals surface area contributed by atoms with E-state index in [4.69, 9.17) is 21.1 Å². The Hall–Kier alpha value is -2.73. The Morgan fingerprint density at radius 3 is 2.46 bits per heavy atom. The van der Waals surface area contributed by atoms with E-state index in [1.54, 1.807) is 24.3 Å². The zero-order chi connectivity index (χ0) is 18.8. The molecule has 2 aromatic carbocycles. The van der Waals surface area contributed by atoms with Crippen LogP contribution in [0.3, 0.4) is 0 Å². The zero-order valence-corrected chi connectivity index (χ0v) is 15.1. The lowest BCUT2D eigenvalue weighted by Gasteiger charge is -2.21. The number of carbonyl (C=O) groups excluding carboxylic acids is 1. The molecular formula is C19H18ClNO5. The molecule has 6 nitrogen and oxygen atoms in total. The minimum Gasteiger partial charge on any atom is -0.486 e. The largest absolute Gasteiger partial charge is 0.486 e. The van der Waals surface area contributed by atoms with E-state index >= 15 is 0 Å². The van der Waals surface area contributed by atoms with Crippen LogP contribution >= 0.6 is 11.6 Å². The number of carboxylic acids is 1. The van der Waals surface area contributed by atoms with Crippen molar-refractivity contribution in [3.8, 4) is 22.6 Å². The molecule has 0 aliphatic carbocycles. The Kier molecular flexibility index (Phi) is 5.04. The molecule has 136 valence electrons. The number of hydrogen-bond donors (Lipinski definition) is 2. The number of rotatable bonds is 4. The summed E-state index contributed by atoms with van der Waals surface area (Å²) < 4.78 is 11.0. The maximum absolute atomic E-state index is 12.1. The number of aromatic carboxylic acids is 1. The van der Waals surface area contributed by atoms with Crippen molar-refractivity contribution in [1.29, 1.82) is 0 Å². The highest BCUT2D eigenvalue weighted by atomic mass is 35.5. The van der Waals surface area contributed by atoms with E-state index in [-0.39, 0.29) is 28.3 Å². The van der Waals surface area contributed by atoms with Gasteiger partial charge in [-0.05, 0) is 49.2 Å². The molecule has 2 aromatic rings. The average Bonchev–Trinajstić information content (AvgIpc) is 2.59. The molecule has 1 aliphatic heterocycles. The highest BCUT2D eigenvalue weighted by Crippen LogP contribution is 2.39.